The van der Waals surface area contributed by atoms with Crippen molar-refractivity contribution in [3.63, 3.8) is 0 Å². The molecule has 0 bridgehead atoms. The largest absolute Gasteiger partial charge is 0.485 e. The molecule has 20 heavy (non-hydrogen) atoms. The molecule has 0 atom stereocenters. The molecule has 0 unspecified atom stereocenters. The number of carbonyl (C=O) groups excluding carboxylic acids is 1. The first-order valence-corrected chi connectivity index (χ1v) is 6.61. The molecular formula is C17H17FO2. The van der Waals surface area contributed by atoms with Gasteiger partial charge in [-0.3, -0.25) is 4.79 Å². The van der Waals surface area contributed by atoms with Crippen LogP contribution in [0.3, 0.4) is 0 Å². The Kier molecular flexibility index (Phi) is 4.51. The van der Waals surface area contributed by atoms with Crippen LogP contribution in [0.5, 0.6) is 5.75 Å². The Labute approximate surface area is 118 Å². The van der Waals surface area contributed by atoms with Crippen molar-refractivity contribution in [3.8, 4) is 5.75 Å². The molecule has 0 spiro atoms. The van der Waals surface area contributed by atoms with Gasteiger partial charge in [-0.15, -0.1) is 0 Å². The summed E-state index contributed by atoms with van der Waals surface area (Å²) in [5.74, 6) is -0.0810. The summed E-state index contributed by atoms with van der Waals surface area (Å²) in [6.45, 7) is 3.65. The quantitative estimate of drug-likeness (QED) is 0.770. The van der Waals surface area contributed by atoms with Crippen LogP contribution in [0.4, 0.5) is 4.39 Å². The van der Waals surface area contributed by atoms with E-state index in [1.54, 1.807) is 31.2 Å². The number of hydrogen-bond acceptors (Lipinski definition) is 2. The van der Waals surface area contributed by atoms with Crippen LogP contribution in [0.2, 0.25) is 0 Å². The van der Waals surface area contributed by atoms with E-state index in [-0.39, 0.29) is 18.2 Å². The Morgan fingerprint density at radius 2 is 1.85 bits per heavy atom. The summed E-state index contributed by atoms with van der Waals surface area (Å²) in [6, 6.07) is 12.0. The smallest absolute Gasteiger partial charge is 0.200 e. The standard InChI is InChI=1S/C17H17FO2/c1-3-13-5-7-14(8-6-13)17(19)11-20-15-9-4-12(2)16(18)10-15/h4-10H,3,11H2,1-2H3. The maximum absolute atomic E-state index is 13.3. The molecule has 0 fully saturated rings. The van der Waals surface area contributed by atoms with Crippen molar-refractivity contribution in [2.75, 3.05) is 6.61 Å². The van der Waals surface area contributed by atoms with Gasteiger partial charge < -0.3 is 4.74 Å². The summed E-state index contributed by atoms with van der Waals surface area (Å²) < 4.78 is 18.7. The van der Waals surface area contributed by atoms with Crippen molar-refractivity contribution >= 4 is 5.78 Å². The summed E-state index contributed by atoms with van der Waals surface area (Å²) >= 11 is 0. The van der Waals surface area contributed by atoms with Crippen molar-refractivity contribution in [3.05, 3.63) is 65.0 Å². The second-order valence-corrected chi connectivity index (χ2v) is 4.67. The molecule has 0 heterocycles. The molecule has 0 aromatic heterocycles. The summed E-state index contributed by atoms with van der Waals surface area (Å²) in [7, 11) is 0. The van der Waals surface area contributed by atoms with Crippen molar-refractivity contribution in [2.24, 2.45) is 0 Å². The van der Waals surface area contributed by atoms with Gasteiger partial charge in [0.2, 0.25) is 0 Å². The monoisotopic (exact) mass is 272 g/mol. The second kappa shape index (κ2) is 6.33. The number of ether oxygens (including phenoxy) is 1. The van der Waals surface area contributed by atoms with E-state index in [1.807, 2.05) is 12.1 Å². The number of aryl methyl sites for hydroxylation is 2. The third kappa shape index (κ3) is 3.44. The minimum absolute atomic E-state index is 0.0893. The fourth-order valence-electron chi connectivity index (χ4n) is 1.82. The zero-order chi connectivity index (χ0) is 14.5. The van der Waals surface area contributed by atoms with E-state index < -0.39 is 0 Å². The molecule has 104 valence electrons. The molecule has 2 nitrogen and oxygen atoms in total. The maximum atomic E-state index is 13.3. The van der Waals surface area contributed by atoms with Gasteiger partial charge in [-0.1, -0.05) is 37.3 Å². The van der Waals surface area contributed by atoms with Crippen LogP contribution < -0.4 is 4.74 Å². The Hall–Kier alpha value is -2.16. The Morgan fingerprint density at radius 3 is 2.45 bits per heavy atom. The lowest BCUT2D eigenvalue weighted by Gasteiger charge is -2.07. The van der Waals surface area contributed by atoms with Gasteiger partial charge in [-0.05, 0) is 30.5 Å². The first-order valence-electron chi connectivity index (χ1n) is 6.61. The molecule has 2 aromatic rings. The zero-order valence-corrected chi connectivity index (χ0v) is 11.7. The molecule has 0 saturated heterocycles. The third-order valence-electron chi connectivity index (χ3n) is 3.20. The molecule has 3 heteroatoms. The van der Waals surface area contributed by atoms with Crippen LogP contribution in [-0.4, -0.2) is 12.4 Å². The van der Waals surface area contributed by atoms with E-state index in [1.165, 1.54) is 11.6 Å². The number of rotatable bonds is 5. The van der Waals surface area contributed by atoms with E-state index in [4.69, 9.17) is 4.74 Å². The highest BCUT2D eigenvalue weighted by Gasteiger charge is 2.07. The summed E-state index contributed by atoms with van der Waals surface area (Å²) in [4.78, 5) is 12.0. The van der Waals surface area contributed by atoms with Crippen LogP contribution in [0.1, 0.15) is 28.4 Å². The summed E-state index contributed by atoms with van der Waals surface area (Å²) in [5.41, 5.74) is 2.34. The van der Waals surface area contributed by atoms with E-state index >= 15 is 0 Å². The average molecular weight is 272 g/mol. The zero-order valence-electron chi connectivity index (χ0n) is 11.7. The van der Waals surface area contributed by atoms with Crippen LogP contribution in [0.25, 0.3) is 0 Å². The maximum Gasteiger partial charge on any atom is 0.200 e. The predicted molar refractivity (Wildman–Crippen MR) is 76.8 cm³/mol. The van der Waals surface area contributed by atoms with Crippen LogP contribution in [0, 0.1) is 12.7 Å². The number of hydrogen-bond donors (Lipinski definition) is 0. The second-order valence-electron chi connectivity index (χ2n) is 4.67. The third-order valence-corrected chi connectivity index (χ3v) is 3.20. The Morgan fingerprint density at radius 1 is 1.15 bits per heavy atom. The number of benzene rings is 2. The number of carbonyl (C=O) groups is 1. The fourth-order valence-corrected chi connectivity index (χ4v) is 1.82. The first-order chi connectivity index (χ1) is 9.60. The number of halogens is 1. The molecule has 2 rings (SSSR count). The normalized spacial score (nSPS) is 10.3. The summed E-state index contributed by atoms with van der Waals surface area (Å²) in [5, 5.41) is 0. The van der Waals surface area contributed by atoms with E-state index in [0.717, 1.165) is 6.42 Å². The van der Waals surface area contributed by atoms with Crippen molar-refractivity contribution in [1.82, 2.24) is 0 Å². The Balaban J connectivity index is 1.98. The summed E-state index contributed by atoms with van der Waals surface area (Å²) in [6.07, 6.45) is 0.938. The lowest BCUT2D eigenvalue weighted by atomic mass is 10.1. The van der Waals surface area contributed by atoms with Crippen LogP contribution in [0.15, 0.2) is 42.5 Å². The lowest BCUT2D eigenvalue weighted by molar-refractivity contribution is 0.0921. The highest BCUT2D eigenvalue weighted by atomic mass is 19.1. The number of ketones is 1. The van der Waals surface area contributed by atoms with Gasteiger partial charge >= 0.3 is 0 Å². The van der Waals surface area contributed by atoms with Gasteiger partial charge in [-0.25, -0.2) is 4.39 Å². The van der Waals surface area contributed by atoms with Gasteiger partial charge in [0.15, 0.2) is 12.4 Å². The minimum Gasteiger partial charge on any atom is -0.485 e. The minimum atomic E-state index is -0.331. The van der Waals surface area contributed by atoms with E-state index in [9.17, 15) is 9.18 Å². The van der Waals surface area contributed by atoms with Gasteiger partial charge in [0.1, 0.15) is 11.6 Å². The molecule has 0 aliphatic heterocycles. The molecule has 0 saturated carbocycles. The first kappa shape index (κ1) is 14.3. The van der Waals surface area contributed by atoms with Crippen molar-refractivity contribution in [2.45, 2.75) is 20.3 Å². The molecule has 0 N–H and O–H groups in total. The molecule has 2 aromatic carbocycles. The molecular weight excluding hydrogens is 255 g/mol. The van der Waals surface area contributed by atoms with Gasteiger partial charge in [0, 0.05) is 11.6 Å². The molecule has 0 radical (unpaired) electrons. The van der Waals surface area contributed by atoms with Gasteiger partial charge in [-0.2, -0.15) is 0 Å². The highest BCUT2D eigenvalue weighted by molar-refractivity contribution is 5.97. The topological polar surface area (TPSA) is 26.3 Å². The molecule has 0 aliphatic rings. The number of Topliss-reactive ketones (excluding diaryl/α,β-unsaturated/α-hetero) is 1. The van der Waals surface area contributed by atoms with E-state index in [0.29, 0.717) is 16.9 Å². The average Bonchev–Trinajstić information content (AvgIpc) is 2.48. The van der Waals surface area contributed by atoms with E-state index in [2.05, 4.69) is 6.92 Å². The SMILES string of the molecule is CCc1ccc(C(=O)COc2ccc(C)c(F)c2)cc1. The van der Waals surface area contributed by atoms with Crippen LogP contribution >= 0.6 is 0 Å². The van der Waals surface area contributed by atoms with Gasteiger partial charge in [0.05, 0.1) is 0 Å². The van der Waals surface area contributed by atoms with Crippen molar-refractivity contribution in [1.29, 1.82) is 0 Å². The fraction of sp³-hybridized carbons (Fsp3) is 0.235. The lowest BCUT2D eigenvalue weighted by Crippen LogP contribution is -2.11. The highest BCUT2D eigenvalue weighted by Crippen LogP contribution is 2.16. The van der Waals surface area contributed by atoms with Crippen LogP contribution in [-0.2, 0) is 6.42 Å². The Bertz CT molecular complexity index is 603. The van der Waals surface area contributed by atoms with Gasteiger partial charge in [0.25, 0.3) is 0 Å². The predicted octanol–water partition coefficient (Wildman–Crippen LogP) is 3.96. The molecule has 0 aliphatic carbocycles. The molecule has 0 amide bonds. The van der Waals surface area contributed by atoms with Crippen molar-refractivity contribution < 1.29 is 13.9 Å².